The van der Waals surface area contributed by atoms with Gasteiger partial charge in [0, 0.05) is 0 Å². The second kappa shape index (κ2) is 11.9. The summed E-state index contributed by atoms with van der Waals surface area (Å²) in [5, 5.41) is 14.2. The largest absolute Gasteiger partial charge is 0.480 e. The third-order valence-corrected chi connectivity index (χ3v) is 3.94. The normalized spacial score (nSPS) is 13.1. The molecule has 0 heterocycles. The van der Waals surface area contributed by atoms with Gasteiger partial charge in [0.15, 0.2) is 0 Å². The van der Waals surface area contributed by atoms with Crippen molar-refractivity contribution in [2.45, 2.75) is 71.8 Å². The molecule has 2 amide bonds. The minimum Gasteiger partial charge on any atom is -0.480 e. The van der Waals surface area contributed by atoms with Crippen molar-refractivity contribution in [3.63, 3.8) is 0 Å². The zero-order valence-corrected chi connectivity index (χ0v) is 18.6. The first-order valence-electron chi connectivity index (χ1n) is 10.1. The summed E-state index contributed by atoms with van der Waals surface area (Å²) in [4.78, 5) is 48.4. The lowest BCUT2D eigenvalue weighted by Gasteiger charge is -2.25. The van der Waals surface area contributed by atoms with Crippen molar-refractivity contribution in [2.24, 2.45) is 5.92 Å². The van der Waals surface area contributed by atoms with Crippen LogP contribution in [0.4, 0.5) is 4.79 Å². The van der Waals surface area contributed by atoms with Crippen LogP contribution in [0.5, 0.6) is 0 Å². The van der Waals surface area contributed by atoms with Crippen LogP contribution in [0, 0.1) is 5.92 Å². The number of benzene rings is 1. The van der Waals surface area contributed by atoms with Crippen molar-refractivity contribution in [1.29, 1.82) is 0 Å². The molecule has 0 aromatic heterocycles. The lowest BCUT2D eigenvalue weighted by atomic mass is 10.0. The Kier molecular flexibility index (Phi) is 9.98. The van der Waals surface area contributed by atoms with Crippen LogP contribution < -0.4 is 10.6 Å². The van der Waals surface area contributed by atoms with Crippen LogP contribution >= 0.6 is 0 Å². The van der Waals surface area contributed by atoms with E-state index in [0.717, 1.165) is 5.56 Å². The molecule has 172 valence electrons. The number of carboxylic acid groups (broad SMARTS) is 1. The fraction of sp³-hybridized carbons (Fsp3) is 0.545. The Balaban J connectivity index is 2.73. The van der Waals surface area contributed by atoms with Crippen LogP contribution in [0.1, 0.15) is 53.0 Å². The van der Waals surface area contributed by atoms with Crippen molar-refractivity contribution in [1.82, 2.24) is 10.6 Å². The summed E-state index contributed by atoms with van der Waals surface area (Å²) in [5.74, 6) is -2.84. The SMILES string of the molecule is CC(C)C[C@H](NC(=O)OC(C)(C)C)C(=O)N[C@@H](CC(=O)OCc1ccccc1)C(=O)O. The van der Waals surface area contributed by atoms with Gasteiger partial charge in [0.05, 0.1) is 6.42 Å². The van der Waals surface area contributed by atoms with Crippen LogP contribution in [0.2, 0.25) is 0 Å². The highest BCUT2D eigenvalue weighted by atomic mass is 16.6. The summed E-state index contributed by atoms with van der Waals surface area (Å²) in [5.41, 5.74) is 0.0000153. The Bertz CT molecular complexity index is 757. The Hall–Kier alpha value is -3.10. The zero-order chi connectivity index (χ0) is 23.6. The molecule has 0 fully saturated rings. The lowest BCUT2D eigenvalue weighted by Crippen LogP contribution is -2.53. The van der Waals surface area contributed by atoms with Crippen LogP contribution in [-0.4, -0.2) is 46.7 Å². The number of esters is 1. The summed E-state index contributed by atoms with van der Waals surface area (Å²) < 4.78 is 10.3. The van der Waals surface area contributed by atoms with Gasteiger partial charge in [-0.1, -0.05) is 44.2 Å². The molecule has 0 aliphatic carbocycles. The van der Waals surface area contributed by atoms with Gasteiger partial charge in [-0.3, -0.25) is 9.59 Å². The first kappa shape index (κ1) is 25.9. The highest BCUT2D eigenvalue weighted by Gasteiger charge is 2.30. The predicted octanol–water partition coefficient (Wildman–Crippen LogP) is 2.63. The fourth-order valence-electron chi connectivity index (χ4n) is 2.59. The standard InChI is InChI=1S/C22H32N2O7/c1-14(2)11-16(24-21(29)31-22(3,4)5)19(26)23-17(20(27)28)12-18(25)30-13-15-9-7-6-8-10-15/h6-10,14,16-17H,11-13H2,1-5H3,(H,23,26)(H,24,29)(H,27,28)/t16-,17-/m0/s1. The molecule has 9 heteroatoms. The second-order valence-corrected chi connectivity index (χ2v) is 8.58. The second-order valence-electron chi connectivity index (χ2n) is 8.58. The molecule has 1 aromatic carbocycles. The van der Waals surface area contributed by atoms with E-state index in [-0.39, 0.29) is 18.9 Å². The van der Waals surface area contributed by atoms with Gasteiger partial charge in [-0.25, -0.2) is 9.59 Å². The highest BCUT2D eigenvalue weighted by molar-refractivity contribution is 5.91. The average molecular weight is 437 g/mol. The molecule has 0 radical (unpaired) electrons. The van der Waals surface area contributed by atoms with E-state index in [1.54, 1.807) is 45.0 Å². The smallest absolute Gasteiger partial charge is 0.408 e. The number of amides is 2. The number of rotatable bonds is 10. The third-order valence-electron chi connectivity index (χ3n) is 3.94. The molecule has 0 saturated carbocycles. The summed E-state index contributed by atoms with van der Waals surface area (Å²) in [6.07, 6.45) is -1.08. The van der Waals surface area contributed by atoms with Gasteiger partial charge in [-0.2, -0.15) is 0 Å². The quantitative estimate of drug-likeness (QED) is 0.481. The molecule has 1 aromatic rings. The number of carboxylic acids is 1. The van der Waals surface area contributed by atoms with E-state index in [9.17, 15) is 24.3 Å². The van der Waals surface area contributed by atoms with Gasteiger partial charge in [0.2, 0.25) is 5.91 Å². The van der Waals surface area contributed by atoms with E-state index >= 15 is 0 Å². The molecule has 3 N–H and O–H groups in total. The summed E-state index contributed by atoms with van der Waals surface area (Å²) in [6.45, 7) is 8.76. The molecule has 0 saturated heterocycles. The molecule has 31 heavy (non-hydrogen) atoms. The Morgan fingerprint density at radius 1 is 1.00 bits per heavy atom. The van der Waals surface area contributed by atoms with Gasteiger partial charge >= 0.3 is 18.0 Å². The minimum atomic E-state index is -1.49. The Morgan fingerprint density at radius 3 is 2.13 bits per heavy atom. The number of hydrogen-bond donors (Lipinski definition) is 3. The summed E-state index contributed by atoms with van der Waals surface area (Å²) in [6, 6.07) is 6.42. The van der Waals surface area contributed by atoms with E-state index < -0.39 is 48.0 Å². The van der Waals surface area contributed by atoms with Crippen molar-refractivity contribution >= 4 is 23.9 Å². The molecule has 0 bridgehead atoms. The average Bonchev–Trinajstić information content (AvgIpc) is 2.64. The summed E-state index contributed by atoms with van der Waals surface area (Å²) in [7, 11) is 0. The van der Waals surface area contributed by atoms with Crippen LogP contribution in [0.25, 0.3) is 0 Å². The van der Waals surface area contributed by atoms with Crippen molar-refractivity contribution < 1.29 is 33.8 Å². The molecule has 0 unspecified atom stereocenters. The van der Waals surface area contributed by atoms with Crippen LogP contribution in [-0.2, 0) is 30.5 Å². The lowest BCUT2D eigenvalue weighted by molar-refractivity contribution is -0.151. The maximum atomic E-state index is 12.7. The zero-order valence-electron chi connectivity index (χ0n) is 18.6. The van der Waals surface area contributed by atoms with Crippen LogP contribution in [0.15, 0.2) is 30.3 Å². The van der Waals surface area contributed by atoms with Gasteiger partial charge in [-0.05, 0) is 38.7 Å². The highest BCUT2D eigenvalue weighted by Crippen LogP contribution is 2.10. The molecule has 1 rings (SSSR count). The number of nitrogens with one attached hydrogen (secondary N) is 2. The number of carbonyl (C=O) groups is 4. The van der Waals surface area contributed by atoms with Gasteiger partial charge in [-0.15, -0.1) is 0 Å². The topological polar surface area (TPSA) is 131 Å². The number of ether oxygens (including phenoxy) is 2. The molecule has 9 nitrogen and oxygen atoms in total. The van der Waals surface area contributed by atoms with Gasteiger partial charge in [0.1, 0.15) is 24.3 Å². The number of carbonyl (C=O) groups excluding carboxylic acids is 3. The summed E-state index contributed by atoms with van der Waals surface area (Å²) >= 11 is 0. The monoisotopic (exact) mass is 436 g/mol. The molecule has 0 aliphatic rings. The fourth-order valence-corrected chi connectivity index (χ4v) is 2.59. The van der Waals surface area contributed by atoms with E-state index in [1.807, 2.05) is 19.9 Å². The number of aliphatic carboxylic acids is 1. The minimum absolute atomic E-state index is 0.00384. The number of hydrogen-bond acceptors (Lipinski definition) is 6. The van der Waals surface area contributed by atoms with Crippen LogP contribution in [0.3, 0.4) is 0 Å². The third kappa shape index (κ3) is 11.0. The molecular weight excluding hydrogens is 404 g/mol. The predicted molar refractivity (Wildman–Crippen MR) is 113 cm³/mol. The molecule has 0 spiro atoms. The first-order chi connectivity index (χ1) is 14.4. The molecule has 2 atom stereocenters. The van der Waals surface area contributed by atoms with Crippen molar-refractivity contribution in [3.8, 4) is 0 Å². The van der Waals surface area contributed by atoms with Gasteiger partial charge in [0.25, 0.3) is 0 Å². The van der Waals surface area contributed by atoms with Gasteiger partial charge < -0.3 is 25.2 Å². The number of alkyl carbamates (subject to hydrolysis) is 1. The van der Waals surface area contributed by atoms with E-state index in [1.165, 1.54) is 0 Å². The maximum Gasteiger partial charge on any atom is 0.408 e. The van der Waals surface area contributed by atoms with E-state index in [4.69, 9.17) is 9.47 Å². The Morgan fingerprint density at radius 2 is 1.61 bits per heavy atom. The first-order valence-corrected chi connectivity index (χ1v) is 10.1. The molecular formula is C22H32N2O7. The molecule has 0 aliphatic heterocycles. The Labute approximate surface area is 182 Å². The van der Waals surface area contributed by atoms with Crippen molar-refractivity contribution in [3.05, 3.63) is 35.9 Å². The van der Waals surface area contributed by atoms with Crippen molar-refractivity contribution in [2.75, 3.05) is 0 Å². The van der Waals surface area contributed by atoms with E-state index in [2.05, 4.69) is 10.6 Å². The van der Waals surface area contributed by atoms with E-state index in [0.29, 0.717) is 0 Å². The maximum absolute atomic E-state index is 12.7.